The molecule has 1 N–H and O–H groups in total. The topological polar surface area (TPSA) is 65.4 Å². The second-order valence-electron chi connectivity index (χ2n) is 8.44. The number of benzene rings is 3. The highest BCUT2D eigenvalue weighted by atomic mass is 35.5. The van der Waals surface area contributed by atoms with Crippen molar-refractivity contribution in [1.29, 1.82) is 0 Å². The lowest BCUT2D eigenvalue weighted by Crippen LogP contribution is -2.29. The van der Waals surface area contributed by atoms with Gasteiger partial charge in [-0.25, -0.2) is 4.98 Å². The molecule has 3 aromatic carbocycles. The van der Waals surface area contributed by atoms with Crippen LogP contribution in [0.5, 0.6) is 11.5 Å². The molecule has 0 atom stereocenters. The van der Waals surface area contributed by atoms with Crippen LogP contribution in [0.3, 0.4) is 0 Å². The number of halogens is 1. The summed E-state index contributed by atoms with van der Waals surface area (Å²) in [5.74, 6) is 2.16. The van der Waals surface area contributed by atoms with Gasteiger partial charge in [0.25, 0.3) is 5.91 Å². The predicted molar refractivity (Wildman–Crippen MR) is 139 cm³/mol. The van der Waals surface area contributed by atoms with Gasteiger partial charge in [0.1, 0.15) is 17.3 Å². The minimum atomic E-state index is -0.208. The van der Waals surface area contributed by atoms with Crippen LogP contribution in [0.15, 0.2) is 66.7 Å². The standard InChI is InChI=1S/C28H30ClN3O3/c1-20-8-7-11-26(21(20)2)34-17-6-5-16-32-25-10-4-3-9-24(25)31-27(32)18-30-28(33)19-35-23-14-12-22(29)13-15-23/h3-4,7-15H,5-6,16-19H2,1-2H3,(H,30,33). The zero-order chi connectivity index (χ0) is 24.6. The number of carbonyl (C=O) groups excluding carboxylic acids is 1. The van der Waals surface area contributed by atoms with Gasteiger partial charge in [-0.1, -0.05) is 35.9 Å². The molecule has 0 aliphatic heterocycles. The minimum absolute atomic E-state index is 0.0718. The Labute approximate surface area is 210 Å². The lowest BCUT2D eigenvalue weighted by atomic mass is 10.1. The van der Waals surface area contributed by atoms with Gasteiger partial charge in [0.15, 0.2) is 6.61 Å². The van der Waals surface area contributed by atoms with Crippen LogP contribution in [0.2, 0.25) is 5.02 Å². The molecule has 4 rings (SSSR count). The Morgan fingerprint density at radius 2 is 1.77 bits per heavy atom. The van der Waals surface area contributed by atoms with Gasteiger partial charge < -0.3 is 19.4 Å². The third-order valence-corrected chi connectivity index (χ3v) is 6.20. The van der Waals surface area contributed by atoms with Gasteiger partial charge in [-0.3, -0.25) is 4.79 Å². The van der Waals surface area contributed by atoms with Gasteiger partial charge in [0.2, 0.25) is 0 Å². The molecule has 0 saturated heterocycles. The number of unbranched alkanes of at least 4 members (excludes halogenated alkanes) is 1. The monoisotopic (exact) mass is 491 g/mol. The average Bonchev–Trinajstić information content (AvgIpc) is 3.22. The van der Waals surface area contributed by atoms with Gasteiger partial charge >= 0.3 is 0 Å². The Balaban J connectivity index is 1.31. The molecule has 0 aliphatic carbocycles. The van der Waals surface area contributed by atoms with E-state index in [1.165, 1.54) is 11.1 Å². The summed E-state index contributed by atoms with van der Waals surface area (Å²) in [5, 5.41) is 3.54. The Morgan fingerprint density at radius 3 is 2.60 bits per heavy atom. The van der Waals surface area contributed by atoms with Gasteiger partial charge in [-0.05, 0) is 80.3 Å². The molecule has 6 nitrogen and oxygen atoms in total. The highest BCUT2D eigenvalue weighted by Gasteiger charge is 2.12. The normalized spacial score (nSPS) is 10.9. The predicted octanol–water partition coefficient (Wildman–Crippen LogP) is 5.86. The summed E-state index contributed by atoms with van der Waals surface area (Å²) in [4.78, 5) is 17.1. The first-order chi connectivity index (χ1) is 17.0. The van der Waals surface area contributed by atoms with E-state index in [4.69, 9.17) is 26.1 Å². The maximum Gasteiger partial charge on any atom is 0.258 e. The van der Waals surface area contributed by atoms with Crippen molar-refractivity contribution < 1.29 is 14.3 Å². The molecule has 4 aromatic rings. The Morgan fingerprint density at radius 1 is 0.971 bits per heavy atom. The third-order valence-electron chi connectivity index (χ3n) is 5.95. The summed E-state index contributed by atoms with van der Waals surface area (Å²) >= 11 is 5.88. The molecule has 1 amide bonds. The van der Waals surface area contributed by atoms with E-state index in [0.29, 0.717) is 23.9 Å². The third kappa shape index (κ3) is 6.55. The number of para-hydroxylation sites is 2. The smallest absolute Gasteiger partial charge is 0.258 e. The summed E-state index contributed by atoms with van der Waals surface area (Å²) in [5.41, 5.74) is 4.40. The number of hydrogen-bond donors (Lipinski definition) is 1. The van der Waals surface area contributed by atoms with E-state index >= 15 is 0 Å². The molecule has 0 aliphatic rings. The van der Waals surface area contributed by atoms with Crippen molar-refractivity contribution in [3.63, 3.8) is 0 Å². The van der Waals surface area contributed by atoms with Crippen LogP contribution < -0.4 is 14.8 Å². The highest BCUT2D eigenvalue weighted by molar-refractivity contribution is 6.30. The van der Waals surface area contributed by atoms with Gasteiger partial charge in [-0.15, -0.1) is 0 Å². The van der Waals surface area contributed by atoms with Crippen LogP contribution in [0, 0.1) is 13.8 Å². The van der Waals surface area contributed by atoms with Crippen molar-refractivity contribution in [3.8, 4) is 11.5 Å². The number of imidazole rings is 1. The van der Waals surface area contributed by atoms with Crippen LogP contribution in [0.1, 0.15) is 29.8 Å². The van der Waals surface area contributed by atoms with E-state index in [9.17, 15) is 4.79 Å². The SMILES string of the molecule is Cc1cccc(OCCCCn2c(CNC(=O)COc3ccc(Cl)cc3)nc3ccccc32)c1C. The molecule has 0 saturated carbocycles. The maximum absolute atomic E-state index is 12.4. The number of fused-ring (bicyclic) bond motifs is 1. The first-order valence-electron chi connectivity index (χ1n) is 11.8. The van der Waals surface area contributed by atoms with Crippen molar-refractivity contribution in [1.82, 2.24) is 14.9 Å². The molecule has 0 spiro atoms. The number of hydrogen-bond acceptors (Lipinski definition) is 4. The van der Waals surface area contributed by atoms with Crippen molar-refractivity contribution in [2.24, 2.45) is 0 Å². The molecule has 35 heavy (non-hydrogen) atoms. The number of aryl methyl sites for hydroxylation is 2. The summed E-state index contributed by atoms with van der Waals surface area (Å²) < 4.78 is 13.7. The number of aromatic nitrogens is 2. The van der Waals surface area contributed by atoms with Gasteiger partial charge in [0.05, 0.1) is 24.2 Å². The van der Waals surface area contributed by atoms with E-state index in [2.05, 4.69) is 35.9 Å². The second kappa shape index (κ2) is 11.8. The molecule has 182 valence electrons. The number of nitrogens with one attached hydrogen (secondary N) is 1. The molecule has 0 fully saturated rings. The molecule has 0 unspecified atom stereocenters. The fourth-order valence-electron chi connectivity index (χ4n) is 3.85. The van der Waals surface area contributed by atoms with Gasteiger partial charge in [0, 0.05) is 11.6 Å². The number of carbonyl (C=O) groups is 1. The van der Waals surface area contributed by atoms with Crippen LogP contribution >= 0.6 is 11.6 Å². The second-order valence-corrected chi connectivity index (χ2v) is 8.88. The maximum atomic E-state index is 12.4. The summed E-state index contributed by atoms with van der Waals surface area (Å²) in [7, 11) is 0. The fourth-order valence-corrected chi connectivity index (χ4v) is 3.98. The zero-order valence-electron chi connectivity index (χ0n) is 20.1. The fraction of sp³-hybridized carbons (Fsp3) is 0.286. The highest BCUT2D eigenvalue weighted by Crippen LogP contribution is 2.21. The number of rotatable bonds is 11. The van der Waals surface area contributed by atoms with Gasteiger partial charge in [-0.2, -0.15) is 0 Å². The Hall–Kier alpha value is -3.51. The van der Waals surface area contributed by atoms with Crippen molar-refractivity contribution >= 4 is 28.5 Å². The molecule has 0 radical (unpaired) electrons. The summed E-state index contributed by atoms with van der Waals surface area (Å²) in [6, 6.07) is 21.1. The van der Waals surface area contributed by atoms with E-state index in [1.807, 2.05) is 30.3 Å². The number of amides is 1. The Bertz CT molecular complexity index is 1280. The number of ether oxygens (including phenoxy) is 2. The molecule has 1 heterocycles. The molecule has 1 aromatic heterocycles. The lowest BCUT2D eigenvalue weighted by molar-refractivity contribution is -0.123. The van der Waals surface area contributed by atoms with Crippen LogP contribution in [0.4, 0.5) is 0 Å². The first-order valence-corrected chi connectivity index (χ1v) is 12.2. The lowest BCUT2D eigenvalue weighted by Gasteiger charge is -2.12. The van der Waals surface area contributed by atoms with Crippen LogP contribution in [-0.4, -0.2) is 28.7 Å². The Kier molecular flexibility index (Phi) is 8.27. The zero-order valence-corrected chi connectivity index (χ0v) is 20.8. The quantitative estimate of drug-likeness (QED) is 0.267. The van der Waals surface area contributed by atoms with Crippen molar-refractivity contribution in [2.45, 2.75) is 39.8 Å². The summed E-state index contributed by atoms with van der Waals surface area (Å²) in [6.45, 7) is 5.89. The van der Waals surface area contributed by atoms with Crippen LogP contribution in [-0.2, 0) is 17.9 Å². The number of nitrogens with zero attached hydrogens (tertiary/aromatic N) is 2. The van der Waals surface area contributed by atoms with Crippen LogP contribution in [0.25, 0.3) is 11.0 Å². The van der Waals surface area contributed by atoms with Crippen molar-refractivity contribution in [3.05, 3.63) is 88.7 Å². The van der Waals surface area contributed by atoms with Crippen molar-refractivity contribution in [2.75, 3.05) is 13.2 Å². The van der Waals surface area contributed by atoms with E-state index < -0.39 is 0 Å². The first kappa shape index (κ1) is 24.6. The largest absolute Gasteiger partial charge is 0.493 e. The summed E-state index contributed by atoms with van der Waals surface area (Å²) in [6.07, 6.45) is 1.85. The minimum Gasteiger partial charge on any atom is -0.493 e. The molecular formula is C28H30ClN3O3. The molecule has 0 bridgehead atoms. The molecule has 7 heteroatoms. The average molecular weight is 492 g/mol. The molecular weight excluding hydrogens is 462 g/mol. The van der Waals surface area contributed by atoms with E-state index in [0.717, 1.165) is 42.0 Å². The van der Waals surface area contributed by atoms with E-state index in [1.54, 1.807) is 24.3 Å². The van der Waals surface area contributed by atoms with E-state index in [-0.39, 0.29) is 12.5 Å².